The standard InChI is InChI=1S/C19H29ClN4O/c1-22-12-14-23(15-13-22)11-9-18-4-2-3-10-24(18)19(25)21-17-7-5-16(20)6-8-17/h5-8,18H,2-4,9-15H2,1H3,(H,21,25). The van der Waals surface area contributed by atoms with Crippen LogP contribution in [0.3, 0.4) is 0 Å². The zero-order chi connectivity index (χ0) is 17.6. The van der Waals surface area contributed by atoms with Crippen molar-refractivity contribution in [2.45, 2.75) is 31.7 Å². The maximum Gasteiger partial charge on any atom is 0.322 e. The van der Waals surface area contributed by atoms with Crippen LogP contribution in [0, 0.1) is 0 Å². The van der Waals surface area contributed by atoms with E-state index in [2.05, 4.69) is 22.2 Å². The summed E-state index contributed by atoms with van der Waals surface area (Å²) in [5, 5.41) is 3.70. The van der Waals surface area contributed by atoms with Crippen molar-refractivity contribution in [3.05, 3.63) is 29.3 Å². The van der Waals surface area contributed by atoms with Crippen LogP contribution in [0.4, 0.5) is 10.5 Å². The van der Waals surface area contributed by atoms with Gasteiger partial charge in [-0.15, -0.1) is 0 Å². The van der Waals surface area contributed by atoms with Crippen molar-refractivity contribution in [2.24, 2.45) is 0 Å². The maximum absolute atomic E-state index is 12.7. The minimum atomic E-state index is 0.0189. The van der Waals surface area contributed by atoms with Gasteiger partial charge in [0.05, 0.1) is 0 Å². The Morgan fingerprint density at radius 3 is 2.56 bits per heavy atom. The van der Waals surface area contributed by atoms with E-state index in [4.69, 9.17) is 11.6 Å². The van der Waals surface area contributed by atoms with Gasteiger partial charge in [-0.3, -0.25) is 0 Å². The molecule has 2 aliphatic rings. The molecule has 2 amide bonds. The zero-order valence-electron chi connectivity index (χ0n) is 15.1. The molecule has 1 aromatic carbocycles. The predicted octanol–water partition coefficient (Wildman–Crippen LogP) is 3.36. The number of urea groups is 1. The van der Waals surface area contributed by atoms with E-state index in [1.807, 2.05) is 17.0 Å². The first-order chi connectivity index (χ1) is 12.1. The molecule has 0 aliphatic carbocycles. The summed E-state index contributed by atoms with van der Waals surface area (Å²) in [5.74, 6) is 0. The fourth-order valence-corrected chi connectivity index (χ4v) is 3.83. The van der Waals surface area contributed by atoms with Crippen molar-refractivity contribution in [1.82, 2.24) is 14.7 Å². The Bertz CT molecular complexity index is 557. The van der Waals surface area contributed by atoms with Gasteiger partial charge in [0.1, 0.15) is 0 Å². The number of hydrogen-bond donors (Lipinski definition) is 1. The Morgan fingerprint density at radius 2 is 1.84 bits per heavy atom. The van der Waals surface area contributed by atoms with E-state index < -0.39 is 0 Å². The lowest BCUT2D eigenvalue weighted by Gasteiger charge is -2.38. The van der Waals surface area contributed by atoms with Crippen LogP contribution in [-0.4, -0.2) is 73.1 Å². The van der Waals surface area contributed by atoms with Crippen molar-refractivity contribution in [3.63, 3.8) is 0 Å². The zero-order valence-corrected chi connectivity index (χ0v) is 15.8. The average Bonchev–Trinajstić information content (AvgIpc) is 2.63. The Balaban J connectivity index is 1.52. The molecule has 0 spiro atoms. The topological polar surface area (TPSA) is 38.8 Å². The third kappa shape index (κ3) is 5.33. The lowest BCUT2D eigenvalue weighted by molar-refractivity contribution is 0.122. The van der Waals surface area contributed by atoms with Gasteiger partial charge in [0.25, 0.3) is 0 Å². The van der Waals surface area contributed by atoms with E-state index in [9.17, 15) is 4.79 Å². The number of piperidine rings is 1. The molecule has 0 aromatic heterocycles. The number of nitrogens with zero attached hydrogens (tertiary/aromatic N) is 3. The molecule has 1 N–H and O–H groups in total. The lowest BCUT2D eigenvalue weighted by Crippen LogP contribution is -2.49. The highest BCUT2D eigenvalue weighted by molar-refractivity contribution is 6.30. The molecule has 6 heteroatoms. The van der Waals surface area contributed by atoms with Crippen LogP contribution in [0.5, 0.6) is 0 Å². The first-order valence-electron chi connectivity index (χ1n) is 9.36. The van der Waals surface area contributed by atoms with E-state index in [-0.39, 0.29) is 6.03 Å². The molecule has 3 rings (SSSR count). The molecule has 1 atom stereocenters. The van der Waals surface area contributed by atoms with Gasteiger partial charge in [-0.05, 0) is 57.0 Å². The monoisotopic (exact) mass is 364 g/mol. The summed E-state index contributed by atoms with van der Waals surface area (Å²) in [4.78, 5) is 19.7. The molecule has 138 valence electrons. The van der Waals surface area contributed by atoms with Gasteiger partial charge in [0.2, 0.25) is 0 Å². The second-order valence-corrected chi connectivity index (χ2v) is 7.65. The number of likely N-dealkylation sites (N-methyl/N-ethyl adjacent to an activating group) is 1. The van der Waals surface area contributed by atoms with Crippen LogP contribution in [0.1, 0.15) is 25.7 Å². The minimum absolute atomic E-state index is 0.0189. The summed E-state index contributed by atoms with van der Waals surface area (Å²) in [5.41, 5.74) is 0.804. The van der Waals surface area contributed by atoms with Crippen LogP contribution in [0.25, 0.3) is 0 Å². The van der Waals surface area contributed by atoms with Crippen LogP contribution in [0.2, 0.25) is 5.02 Å². The molecule has 0 saturated carbocycles. The van der Waals surface area contributed by atoms with Gasteiger partial charge in [0, 0.05) is 56.0 Å². The molecular formula is C19H29ClN4O. The molecule has 5 nitrogen and oxygen atoms in total. The van der Waals surface area contributed by atoms with Crippen molar-refractivity contribution >= 4 is 23.3 Å². The van der Waals surface area contributed by atoms with Gasteiger partial charge in [0.15, 0.2) is 0 Å². The lowest BCUT2D eigenvalue weighted by atomic mass is 9.99. The van der Waals surface area contributed by atoms with E-state index in [1.165, 1.54) is 6.42 Å². The van der Waals surface area contributed by atoms with Crippen molar-refractivity contribution in [1.29, 1.82) is 0 Å². The maximum atomic E-state index is 12.7. The largest absolute Gasteiger partial charge is 0.322 e. The summed E-state index contributed by atoms with van der Waals surface area (Å²) in [6, 6.07) is 7.68. The third-order valence-electron chi connectivity index (χ3n) is 5.36. The summed E-state index contributed by atoms with van der Waals surface area (Å²) < 4.78 is 0. The molecule has 2 fully saturated rings. The number of carbonyl (C=O) groups excluding carboxylic acids is 1. The Morgan fingerprint density at radius 1 is 1.12 bits per heavy atom. The van der Waals surface area contributed by atoms with Gasteiger partial charge >= 0.3 is 6.03 Å². The van der Waals surface area contributed by atoms with Crippen LogP contribution >= 0.6 is 11.6 Å². The second kappa shape index (κ2) is 8.88. The van der Waals surface area contributed by atoms with Gasteiger partial charge in [-0.25, -0.2) is 4.79 Å². The molecular weight excluding hydrogens is 336 g/mol. The summed E-state index contributed by atoms with van der Waals surface area (Å²) >= 11 is 5.91. The number of hydrogen-bond acceptors (Lipinski definition) is 3. The SMILES string of the molecule is CN1CCN(CCC2CCCCN2C(=O)Nc2ccc(Cl)cc2)CC1. The molecule has 2 heterocycles. The normalized spacial score (nSPS) is 22.8. The Labute approximate surface area is 155 Å². The van der Waals surface area contributed by atoms with Crippen molar-refractivity contribution < 1.29 is 4.79 Å². The number of amides is 2. The molecule has 25 heavy (non-hydrogen) atoms. The summed E-state index contributed by atoms with van der Waals surface area (Å²) in [6.45, 7) is 6.51. The molecule has 0 radical (unpaired) electrons. The number of benzene rings is 1. The van der Waals surface area contributed by atoms with E-state index in [0.29, 0.717) is 11.1 Å². The molecule has 1 unspecified atom stereocenters. The number of halogens is 1. The smallest absolute Gasteiger partial charge is 0.322 e. The second-order valence-electron chi connectivity index (χ2n) is 7.21. The molecule has 2 saturated heterocycles. The Hall–Kier alpha value is -1.30. The number of piperazine rings is 1. The fraction of sp³-hybridized carbons (Fsp3) is 0.632. The summed E-state index contributed by atoms with van der Waals surface area (Å²) in [6.07, 6.45) is 4.50. The quantitative estimate of drug-likeness (QED) is 0.890. The van der Waals surface area contributed by atoms with E-state index in [1.54, 1.807) is 12.1 Å². The average molecular weight is 365 g/mol. The number of rotatable bonds is 4. The highest BCUT2D eigenvalue weighted by Gasteiger charge is 2.27. The molecule has 1 aromatic rings. The first-order valence-corrected chi connectivity index (χ1v) is 9.74. The van der Waals surface area contributed by atoms with Crippen LogP contribution in [-0.2, 0) is 0 Å². The number of carbonyl (C=O) groups is 1. The first kappa shape index (κ1) is 18.5. The number of anilines is 1. The fourth-order valence-electron chi connectivity index (χ4n) is 3.70. The van der Waals surface area contributed by atoms with Crippen LogP contribution < -0.4 is 5.32 Å². The van der Waals surface area contributed by atoms with Gasteiger partial charge < -0.3 is 20.0 Å². The minimum Gasteiger partial charge on any atom is -0.322 e. The Kier molecular flexibility index (Phi) is 6.57. The van der Waals surface area contributed by atoms with Crippen molar-refractivity contribution in [3.8, 4) is 0 Å². The van der Waals surface area contributed by atoms with Crippen LogP contribution in [0.15, 0.2) is 24.3 Å². The number of likely N-dealkylation sites (tertiary alicyclic amines) is 1. The van der Waals surface area contributed by atoms with Gasteiger partial charge in [-0.1, -0.05) is 11.6 Å². The highest BCUT2D eigenvalue weighted by atomic mass is 35.5. The van der Waals surface area contributed by atoms with Crippen molar-refractivity contribution in [2.75, 3.05) is 51.6 Å². The molecule has 0 bridgehead atoms. The molecule has 2 aliphatic heterocycles. The van der Waals surface area contributed by atoms with E-state index in [0.717, 1.165) is 64.2 Å². The summed E-state index contributed by atoms with van der Waals surface area (Å²) in [7, 11) is 2.18. The number of nitrogens with one attached hydrogen (secondary N) is 1. The van der Waals surface area contributed by atoms with E-state index >= 15 is 0 Å². The predicted molar refractivity (Wildman–Crippen MR) is 103 cm³/mol. The highest BCUT2D eigenvalue weighted by Crippen LogP contribution is 2.22. The van der Waals surface area contributed by atoms with Gasteiger partial charge in [-0.2, -0.15) is 0 Å². The third-order valence-corrected chi connectivity index (χ3v) is 5.61.